The third-order valence-corrected chi connectivity index (χ3v) is 2.09. The first kappa shape index (κ1) is 12.5. The van der Waals surface area contributed by atoms with E-state index in [1.54, 1.807) is 18.3 Å². The molecule has 1 aromatic heterocycles. The molecule has 1 heterocycles. The minimum Gasteiger partial charge on any atom is -0.490 e. The molecular formula is C12H18N2O2. The Morgan fingerprint density at radius 1 is 1.50 bits per heavy atom. The molecule has 0 bridgehead atoms. The van der Waals surface area contributed by atoms with Crippen LogP contribution in [0.4, 0.5) is 5.82 Å². The Kier molecular flexibility index (Phi) is 5.32. The third-order valence-electron chi connectivity index (χ3n) is 2.09. The van der Waals surface area contributed by atoms with Crippen molar-refractivity contribution in [1.29, 1.82) is 0 Å². The molecule has 4 heteroatoms. The zero-order valence-electron chi connectivity index (χ0n) is 9.82. The van der Waals surface area contributed by atoms with Crippen LogP contribution in [0.2, 0.25) is 0 Å². The van der Waals surface area contributed by atoms with Gasteiger partial charge in [-0.1, -0.05) is 13.3 Å². The Labute approximate surface area is 96.0 Å². The predicted molar refractivity (Wildman–Crippen MR) is 63.6 cm³/mol. The molecule has 0 aliphatic carbocycles. The summed E-state index contributed by atoms with van der Waals surface area (Å²) < 4.78 is 5.37. The van der Waals surface area contributed by atoms with Gasteiger partial charge in [0.05, 0.1) is 6.61 Å². The predicted octanol–water partition coefficient (Wildman–Crippen LogP) is 2.61. The number of carbonyl (C=O) groups excluding carboxylic acids is 1. The first-order valence-corrected chi connectivity index (χ1v) is 5.65. The lowest BCUT2D eigenvalue weighted by molar-refractivity contribution is -0.116. The maximum absolute atomic E-state index is 11.5. The van der Waals surface area contributed by atoms with Gasteiger partial charge < -0.3 is 10.1 Å². The van der Waals surface area contributed by atoms with Crippen LogP contribution in [0.1, 0.15) is 33.1 Å². The summed E-state index contributed by atoms with van der Waals surface area (Å²) in [7, 11) is 0. The number of amides is 1. The van der Waals surface area contributed by atoms with Crippen LogP contribution in [0, 0.1) is 0 Å². The van der Waals surface area contributed by atoms with Gasteiger partial charge in [0.25, 0.3) is 0 Å². The van der Waals surface area contributed by atoms with Gasteiger partial charge in [-0.25, -0.2) is 4.98 Å². The summed E-state index contributed by atoms with van der Waals surface area (Å²) >= 11 is 0. The highest BCUT2D eigenvalue weighted by molar-refractivity contribution is 5.90. The zero-order chi connectivity index (χ0) is 11.8. The summed E-state index contributed by atoms with van der Waals surface area (Å²) in [6.07, 6.45) is 4.06. The van der Waals surface area contributed by atoms with E-state index < -0.39 is 0 Å². The molecule has 0 aliphatic heterocycles. The van der Waals surface area contributed by atoms with Crippen molar-refractivity contribution in [2.45, 2.75) is 33.1 Å². The lowest BCUT2D eigenvalue weighted by Crippen LogP contribution is -2.13. The van der Waals surface area contributed by atoms with E-state index in [9.17, 15) is 4.79 Å². The molecule has 0 aromatic carbocycles. The summed E-state index contributed by atoms with van der Waals surface area (Å²) in [5.41, 5.74) is 0. The summed E-state index contributed by atoms with van der Waals surface area (Å²) in [4.78, 5) is 15.6. The normalized spacial score (nSPS) is 9.88. The summed E-state index contributed by atoms with van der Waals surface area (Å²) in [5.74, 6) is 1.11. The SMILES string of the molecule is CCCCC(=O)Nc1ncccc1OCC. The van der Waals surface area contributed by atoms with Gasteiger partial charge in [-0.3, -0.25) is 4.79 Å². The number of rotatable bonds is 6. The molecule has 0 aliphatic rings. The van der Waals surface area contributed by atoms with E-state index >= 15 is 0 Å². The molecule has 0 atom stereocenters. The third kappa shape index (κ3) is 3.88. The van der Waals surface area contributed by atoms with Gasteiger partial charge in [0, 0.05) is 12.6 Å². The Morgan fingerprint density at radius 3 is 3.00 bits per heavy atom. The van der Waals surface area contributed by atoms with Crippen LogP contribution in [0.25, 0.3) is 0 Å². The lowest BCUT2D eigenvalue weighted by Gasteiger charge is -2.09. The summed E-state index contributed by atoms with van der Waals surface area (Å²) in [6, 6.07) is 3.58. The molecule has 0 saturated heterocycles. The van der Waals surface area contributed by atoms with Crippen LogP contribution in [-0.4, -0.2) is 17.5 Å². The number of hydrogen-bond acceptors (Lipinski definition) is 3. The monoisotopic (exact) mass is 222 g/mol. The fourth-order valence-corrected chi connectivity index (χ4v) is 1.29. The number of nitrogens with one attached hydrogen (secondary N) is 1. The molecule has 0 saturated carbocycles. The van der Waals surface area contributed by atoms with Crippen molar-refractivity contribution in [2.75, 3.05) is 11.9 Å². The average Bonchev–Trinajstić information content (AvgIpc) is 2.29. The maximum atomic E-state index is 11.5. The lowest BCUT2D eigenvalue weighted by atomic mass is 10.2. The Bertz CT molecular complexity index is 340. The molecule has 1 amide bonds. The van der Waals surface area contributed by atoms with Gasteiger partial charge in [-0.15, -0.1) is 0 Å². The highest BCUT2D eigenvalue weighted by Crippen LogP contribution is 2.20. The number of anilines is 1. The van der Waals surface area contributed by atoms with Crippen molar-refractivity contribution in [2.24, 2.45) is 0 Å². The number of nitrogens with zero attached hydrogens (tertiary/aromatic N) is 1. The standard InChI is InChI=1S/C12H18N2O2/c1-3-5-8-11(15)14-12-10(16-4-2)7-6-9-13-12/h6-7,9H,3-5,8H2,1-2H3,(H,13,14,15). The highest BCUT2D eigenvalue weighted by Gasteiger charge is 2.07. The van der Waals surface area contributed by atoms with Gasteiger partial charge in [-0.2, -0.15) is 0 Å². The number of unbranched alkanes of at least 4 members (excludes halogenated alkanes) is 1. The molecule has 4 nitrogen and oxygen atoms in total. The van der Waals surface area contributed by atoms with Crippen molar-refractivity contribution >= 4 is 11.7 Å². The molecule has 0 radical (unpaired) electrons. The summed E-state index contributed by atoms with van der Waals surface area (Å²) in [6.45, 7) is 4.51. The second-order valence-corrected chi connectivity index (χ2v) is 3.43. The number of ether oxygens (including phenoxy) is 1. The van der Waals surface area contributed by atoms with Crippen molar-refractivity contribution in [3.05, 3.63) is 18.3 Å². The van der Waals surface area contributed by atoms with Crippen molar-refractivity contribution in [1.82, 2.24) is 4.98 Å². The van der Waals surface area contributed by atoms with Crippen LogP contribution in [0.3, 0.4) is 0 Å². The molecule has 1 N–H and O–H groups in total. The number of aromatic nitrogens is 1. The molecule has 0 spiro atoms. The molecule has 16 heavy (non-hydrogen) atoms. The van der Waals surface area contributed by atoms with Crippen molar-refractivity contribution in [3.8, 4) is 5.75 Å². The molecule has 88 valence electrons. The van der Waals surface area contributed by atoms with Gasteiger partial charge in [0.15, 0.2) is 11.6 Å². The Morgan fingerprint density at radius 2 is 2.31 bits per heavy atom. The number of pyridine rings is 1. The topological polar surface area (TPSA) is 51.2 Å². The van der Waals surface area contributed by atoms with E-state index in [4.69, 9.17) is 4.74 Å². The van der Waals surface area contributed by atoms with Crippen molar-refractivity contribution in [3.63, 3.8) is 0 Å². The minimum absolute atomic E-state index is 0.0125. The van der Waals surface area contributed by atoms with Crippen LogP contribution in [-0.2, 0) is 4.79 Å². The molecular weight excluding hydrogens is 204 g/mol. The maximum Gasteiger partial charge on any atom is 0.225 e. The number of hydrogen-bond donors (Lipinski definition) is 1. The summed E-state index contributed by atoms with van der Waals surface area (Å²) in [5, 5.41) is 2.76. The van der Waals surface area contributed by atoms with Crippen LogP contribution in [0.5, 0.6) is 5.75 Å². The van der Waals surface area contributed by atoms with Gasteiger partial charge in [0.1, 0.15) is 0 Å². The van der Waals surface area contributed by atoms with Crippen LogP contribution >= 0.6 is 0 Å². The van der Waals surface area contributed by atoms with E-state index in [1.807, 2.05) is 6.92 Å². The first-order valence-electron chi connectivity index (χ1n) is 5.65. The fourth-order valence-electron chi connectivity index (χ4n) is 1.29. The molecule has 1 aromatic rings. The largest absolute Gasteiger partial charge is 0.490 e. The molecule has 1 rings (SSSR count). The average molecular weight is 222 g/mol. The fraction of sp³-hybridized carbons (Fsp3) is 0.500. The molecule has 0 fully saturated rings. The zero-order valence-corrected chi connectivity index (χ0v) is 9.82. The van der Waals surface area contributed by atoms with Gasteiger partial charge in [0.2, 0.25) is 5.91 Å². The smallest absolute Gasteiger partial charge is 0.225 e. The Balaban J connectivity index is 2.61. The van der Waals surface area contributed by atoms with Crippen molar-refractivity contribution < 1.29 is 9.53 Å². The highest BCUT2D eigenvalue weighted by atomic mass is 16.5. The first-order chi connectivity index (χ1) is 7.77. The van der Waals surface area contributed by atoms with Gasteiger partial charge in [-0.05, 0) is 25.5 Å². The second-order valence-electron chi connectivity index (χ2n) is 3.43. The van der Waals surface area contributed by atoms with Gasteiger partial charge >= 0.3 is 0 Å². The second kappa shape index (κ2) is 6.82. The van der Waals surface area contributed by atoms with E-state index in [2.05, 4.69) is 17.2 Å². The number of carbonyl (C=O) groups is 1. The Hall–Kier alpha value is -1.58. The van der Waals surface area contributed by atoms with E-state index in [1.165, 1.54) is 0 Å². The minimum atomic E-state index is -0.0125. The van der Waals surface area contributed by atoms with Crippen LogP contribution in [0.15, 0.2) is 18.3 Å². The van der Waals surface area contributed by atoms with E-state index in [0.717, 1.165) is 12.8 Å². The quantitative estimate of drug-likeness (QED) is 0.805. The van der Waals surface area contributed by atoms with E-state index in [-0.39, 0.29) is 5.91 Å². The van der Waals surface area contributed by atoms with Crippen LogP contribution < -0.4 is 10.1 Å². The molecule has 0 unspecified atom stereocenters. The van der Waals surface area contributed by atoms with E-state index in [0.29, 0.717) is 24.6 Å².